The normalized spacial score (nSPS) is 19.6. The smallest absolute Gasteiger partial charge is 0.232 e. The summed E-state index contributed by atoms with van der Waals surface area (Å²) in [5.41, 5.74) is 0.483. The monoisotopic (exact) mass is 313 g/mol. The Labute approximate surface area is 117 Å². The lowest BCUT2D eigenvalue weighted by Crippen LogP contribution is -2.30. The molecule has 0 bridgehead atoms. The molecule has 1 N–H and O–H groups in total. The standard InChI is InChI=1S/C13H20BrN3O/c1-13(2)6-4-9(5-7-13)16-12-15-8-10(14)11(17-12)18-3/h8-9H,4-7H2,1-3H3,(H,15,16,17). The summed E-state index contributed by atoms with van der Waals surface area (Å²) < 4.78 is 5.95. The molecule has 1 fully saturated rings. The molecule has 4 nitrogen and oxygen atoms in total. The van der Waals surface area contributed by atoms with Crippen molar-refractivity contribution in [1.82, 2.24) is 9.97 Å². The highest BCUT2D eigenvalue weighted by Gasteiger charge is 2.27. The van der Waals surface area contributed by atoms with Crippen molar-refractivity contribution in [2.45, 2.75) is 45.6 Å². The Balaban J connectivity index is 1.98. The zero-order chi connectivity index (χ0) is 13.2. The minimum atomic E-state index is 0.476. The van der Waals surface area contributed by atoms with Gasteiger partial charge < -0.3 is 10.1 Å². The molecule has 5 heteroatoms. The number of hydrogen-bond acceptors (Lipinski definition) is 4. The lowest BCUT2D eigenvalue weighted by atomic mass is 9.76. The Morgan fingerprint density at radius 2 is 2.06 bits per heavy atom. The van der Waals surface area contributed by atoms with Gasteiger partial charge in [-0.2, -0.15) is 4.98 Å². The zero-order valence-corrected chi connectivity index (χ0v) is 12.7. The molecule has 0 amide bonds. The second-order valence-electron chi connectivity index (χ2n) is 5.63. The number of halogens is 1. The predicted molar refractivity (Wildman–Crippen MR) is 75.9 cm³/mol. The maximum Gasteiger partial charge on any atom is 0.232 e. The van der Waals surface area contributed by atoms with Crippen molar-refractivity contribution in [3.8, 4) is 5.88 Å². The summed E-state index contributed by atoms with van der Waals surface area (Å²) >= 11 is 3.35. The summed E-state index contributed by atoms with van der Waals surface area (Å²) in [6.07, 6.45) is 6.57. The topological polar surface area (TPSA) is 47.0 Å². The van der Waals surface area contributed by atoms with Crippen LogP contribution in [-0.2, 0) is 0 Å². The van der Waals surface area contributed by atoms with Crippen LogP contribution in [0, 0.1) is 5.41 Å². The lowest BCUT2D eigenvalue weighted by Gasteiger charge is -2.34. The molecule has 100 valence electrons. The second-order valence-corrected chi connectivity index (χ2v) is 6.49. The molecule has 1 saturated carbocycles. The Morgan fingerprint density at radius 1 is 1.39 bits per heavy atom. The van der Waals surface area contributed by atoms with E-state index >= 15 is 0 Å². The van der Waals surface area contributed by atoms with Gasteiger partial charge in [0.15, 0.2) is 0 Å². The third-order valence-corrected chi connectivity index (χ3v) is 4.12. The third kappa shape index (κ3) is 3.34. The van der Waals surface area contributed by atoms with E-state index in [0.29, 0.717) is 23.3 Å². The average Bonchev–Trinajstić information content (AvgIpc) is 2.34. The van der Waals surface area contributed by atoms with Crippen molar-refractivity contribution in [2.24, 2.45) is 5.41 Å². The molecule has 2 rings (SSSR count). The molecule has 1 heterocycles. The third-order valence-electron chi connectivity index (χ3n) is 3.58. The fourth-order valence-corrected chi connectivity index (χ4v) is 2.64. The van der Waals surface area contributed by atoms with Gasteiger partial charge in [0.25, 0.3) is 0 Å². The van der Waals surface area contributed by atoms with Gasteiger partial charge in [-0.1, -0.05) is 13.8 Å². The first-order chi connectivity index (χ1) is 8.50. The van der Waals surface area contributed by atoms with Crippen LogP contribution in [0.2, 0.25) is 0 Å². The molecule has 0 aliphatic heterocycles. The average molecular weight is 314 g/mol. The minimum absolute atomic E-state index is 0.476. The van der Waals surface area contributed by atoms with Crippen LogP contribution in [0.5, 0.6) is 5.88 Å². The van der Waals surface area contributed by atoms with E-state index in [1.165, 1.54) is 25.7 Å². The van der Waals surface area contributed by atoms with Crippen molar-refractivity contribution < 1.29 is 4.74 Å². The quantitative estimate of drug-likeness (QED) is 0.925. The van der Waals surface area contributed by atoms with Gasteiger partial charge in [-0.3, -0.25) is 0 Å². The molecule has 0 aromatic carbocycles. The van der Waals surface area contributed by atoms with E-state index in [4.69, 9.17) is 4.74 Å². The van der Waals surface area contributed by atoms with E-state index in [2.05, 4.69) is 45.1 Å². The van der Waals surface area contributed by atoms with Crippen molar-refractivity contribution in [2.75, 3.05) is 12.4 Å². The molecule has 1 aliphatic carbocycles. The fraction of sp³-hybridized carbons (Fsp3) is 0.692. The van der Waals surface area contributed by atoms with Gasteiger partial charge in [0, 0.05) is 6.04 Å². The van der Waals surface area contributed by atoms with Crippen LogP contribution in [0.15, 0.2) is 10.7 Å². The number of methoxy groups -OCH3 is 1. The van der Waals surface area contributed by atoms with Crippen LogP contribution in [0.4, 0.5) is 5.95 Å². The summed E-state index contributed by atoms with van der Waals surface area (Å²) in [5, 5.41) is 3.40. The molecule has 1 aromatic heterocycles. The van der Waals surface area contributed by atoms with Gasteiger partial charge in [0.05, 0.1) is 17.8 Å². The van der Waals surface area contributed by atoms with Crippen LogP contribution < -0.4 is 10.1 Å². The molecule has 0 spiro atoms. The lowest BCUT2D eigenvalue weighted by molar-refractivity contribution is 0.232. The number of nitrogens with one attached hydrogen (secondary N) is 1. The summed E-state index contributed by atoms with van der Waals surface area (Å²) in [4.78, 5) is 8.60. The number of anilines is 1. The van der Waals surface area contributed by atoms with Crippen LogP contribution in [0.25, 0.3) is 0 Å². The number of aromatic nitrogens is 2. The highest BCUT2D eigenvalue weighted by molar-refractivity contribution is 9.10. The highest BCUT2D eigenvalue weighted by atomic mass is 79.9. The first-order valence-electron chi connectivity index (χ1n) is 6.33. The Morgan fingerprint density at radius 3 is 2.67 bits per heavy atom. The number of nitrogens with zero attached hydrogens (tertiary/aromatic N) is 2. The fourth-order valence-electron chi connectivity index (χ4n) is 2.29. The van der Waals surface area contributed by atoms with E-state index in [0.717, 1.165) is 4.47 Å². The van der Waals surface area contributed by atoms with Crippen molar-refractivity contribution in [3.05, 3.63) is 10.7 Å². The number of rotatable bonds is 3. The van der Waals surface area contributed by atoms with Crippen LogP contribution in [0.3, 0.4) is 0 Å². The first-order valence-corrected chi connectivity index (χ1v) is 7.12. The van der Waals surface area contributed by atoms with E-state index in [1.807, 2.05) is 0 Å². The van der Waals surface area contributed by atoms with Crippen LogP contribution in [0.1, 0.15) is 39.5 Å². The summed E-state index contributed by atoms with van der Waals surface area (Å²) in [5.74, 6) is 1.23. The maximum atomic E-state index is 5.17. The predicted octanol–water partition coefficient (Wildman–Crippen LogP) is 3.63. The molecule has 0 radical (unpaired) electrons. The summed E-state index contributed by atoms with van der Waals surface area (Å²) in [6.45, 7) is 4.67. The van der Waals surface area contributed by atoms with Crippen LogP contribution in [-0.4, -0.2) is 23.1 Å². The van der Waals surface area contributed by atoms with Gasteiger partial charge in [-0.15, -0.1) is 0 Å². The largest absolute Gasteiger partial charge is 0.480 e. The molecule has 18 heavy (non-hydrogen) atoms. The molecule has 0 unspecified atom stereocenters. The van der Waals surface area contributed by atoms with E-state index < -0.39 is 0 Å². The summed E-state index contributed by atoms with van der Waals surface area (Å²) in [7, 11) is 1.61. The Kier molecular flexibility index (Phi) is 4.10. The molecular weight excluding hydrogens is 294 g/mol. The first kappa shape index (κ1) is 13.6. The maximum absolute atomic E-state index is 5.17. The SMILES string of the molecule is COc1nc(NC2CCC(C)(C)CC2)ncc1Br. The van der Waals surface area contributed by atoms with Crippen LogP contribution >= 0.6 is 15.9 Å². The zero-order valence-electron chi connectivity index (χ0n) is 11.2. The molecular formula is C13H20BrN3O. The number of ether oxygens (including phenoxy) is 1. The van der Waals surface area contributed by atoms with Crippen molar-refractivity contribution in [3.63, 3.8) is 0 Å². The minimum Gasteiger partial charge on any atom is -0.480 e. The molecule has 1 aromatic rings. The molecule has 0 atom stereocenters. The number of hydrogen-bond donors (Lipinski definition) is 1. The van der Waals surface area contributed by atoms with Gasteiger partial charge in [-0.05, 0) is 47.0 Å². The van der Waals surface area contributed by atoms with Gasteiger partial charge in [0.1, 0.15) is 0 Å². The Bertz CT molecular complexity index is 413. The Hall–Kier alpha value is -0.840. The van der Waals surface area contributed by atoms with Crippen molar-refractivity contribution >= 4 is 21.9 Å². The van der Waals surface area contributed by atoms with Gasteiger partial charge in [0.2, 0.25) is 11.8 Å². The molecule has 1 aliphatic rings. The second kappa shape index (κ2) is 5.43. The van der Waals surface area contributed by atoms with Gasteiger partial charge >= 0.3 is 0 Å². The van der Waals surface area contributed by atoms with E-state index in [9.17, 15) is 0 Å². The summed E-state index contributed by atoms with van der Waals surface area (Å²) in [6, 6.07) is 0.476. The van der Waals surface area contributed by atoms with Crippen molar-refractivity contribution in [1.29, 1.82) is 0 Å². The highest BCUT2D eigenvalue weighted by Crippen LogP contribution is 2.36. The van der Waals surface area contributed by atoms with Gasteiger partial charge in [-0.25, -0.2) is 4.98 Å². The molecule has 0 saturated heterocycles. The van der Waals surface area contributed by atoms with E-state index in [1.54, 1.807) is 13.3 Å². The van der Waals surface area contributed by atoms with E-state index in [-0.39, 0.29) is 0 Å².